The van der Waals surface area contributed by atoms with Crippen LogP contribution in [0, 0.1) is 11.3 Å². The van der Waals surface area contributed by atoms with Crippen LogP contribution in [0.2, 0.25) is 0 Å². The van der Waals surface area contributed by atoms with Gasteiger partial charge in [0.25, 0.3) is 11.5 Å². The minimum absolute atomic E-state index is 0.00950. The molecule has 0 saturated heterocycles. The Balaban J connectivity index is 2.98. The van der Waals surface area contributed by atoms with Crippen LogP contribution in [-0.2, 0) is 0 Å². The van der Waals surface area contributed by atoms with Crippen molar-refractivity contribution in [2.45, 2.75) is 0 Å². The topological polar surface area (TPSA) is 77.0 Å². The molecule has 0 spiro atoms. The second-order valence-electron chi connectivity index (χ2n) is 2.88. The molecule has 1 aromatic heterocycles. The van der Waals surface area contributed by atoms with E-state index in [9.17, 15) is 9.59 Å². The van der Waals surface area contributed by atoms with E-state index in [1.165, 1.54) is 24.2 Å². The Morgan fingerprint density at radius 1 is 1.73 bits per heavy atom. The van der Waals surface area contributed by atoms with Gasteiger partial charge in [-0.25, -0.2) is 0 Å². The molecule has 0 saturated carbocycles. The van der Waals surface area contributed by atoms with E-state index in [1.54, 1.807) is 0 Å². The second-order valence-corrected chi connectivity index (χ2v) is 3.74. The summed E-state index contributed by atoms with van der Waals surface area (Å²) in [6.07, 6.45) is 1.32. The molecule has 1 amide bonds. The van der Waals surface area contributed by atoms with Gasteiger partial charge in [0.05, 0.1) is 16.1 Å². The fourth-order valence-electron chi connectivity index (χ4n) is 0.978. The third kappa shape index (κ3) is 2.67. The zero-order chi connectivity index (χ0) is 11.4. The smallest absolute Gasteiger partial charge is 0.262 e. The third-order valence-electron chi connectivity index (χ3n) is 1.76. The van der Waals surface area contributed by atoms with Crippen LogP contribution in [0.3, 0.4) is 0 Å². The molecule has 1 N–H and O–H groups in total. The summed E-state index contributed by atoms with van der Waals surface area (Å²) in [6, 6.07) is 3.29. The Morgan fingerprint density at radius 2 is 2.40 bits per heavy atom. The van der Waals surface area contributed by atoms with Crippen LogP contribution in [0.25, 0.3) is 0 Å². The predicted octanol–water partition coefficient (Wildman–Crippen LogP) is 0.733. The number of nitriles is 1. The van der Waals surface area contributed by atoms with Crippen molar-refractivity contribution in [3.8, 4) is 6.07 Å². The number of aromatic nitrogens is 1. The van der Waals surface area contributed by atoms with E-state index in [2.05, 4.69) is 20.9 Å². The number of pyridine rings is 1. The molecule has 6 heteroatoms. The number of H-pyrrole nitrogens is 1. The van der Waals surface area contributed by atoms with Crippen LogP contribution in [-0.4, -0.2) is 29.4 Å². The first-order chi connectivity index (χ1) is 7.06. The Bertz CT molecular complexity index is 475. The van der Waals surface area contributed by atoms with E-state index in [0.717, 1.165) is 0 Å². The maximum absolute atomic E-state index is 11.6. The van der Waals surface area contributed by atoms with E-state index in [-0.39, 0.29) is 18.0 Å². The number of rotatable bonds is 2. The Labute approximate surface area is 94.5 Å². The van der Waals surface area contributed by atoms with Crippen LogP contribution < -0.4 is 5.56 Å². The van der Waals surface area contributed by atoms with Crippen molar-refractivity contribution in [2.75, 3.05) is 13.6 Å². The summed E-state index contributed by atoms with van der Waals surface area (Å²) in [5, 5.41) is 8.42. The molecular weight excluding hydrogens is 262 g/mol. The summed E-state index contributed by atoms with van der Waals surface area (Å²) < 4.78 is 0.290. The lowest BCUT2D eigenvalue weighted by atomic mass is 10.2. The Kier molecular flexibility index (Phi) is 3.63. The van der Waals surface area contributed by atoms with Gasteiger partial charge in [0.1, 0.15) is 6.54 Å². The minimum atomic E-state index is -0.312. The van der Waals surface area contributed by atoms with Gasteiger partial charge < -0.3 is 9.88 Å². The van der Waals surface area contributed by atoms with Crippen molar-refractivity contribution >= 4 is 21.8 Å². The highest BCUT2D eigenvalue weighted by Crippen LogP contribution is 2.07. The fourth-order valence-corrected chi connectivity index (χ4v) is 1.34. The molecular formula is C9H8BrN3O2. The van der Waals surface area contributed by atoms with Gasteiger partial charge in [-0.2, -0.15) is 5.26 Å². The number of nitrogens with one attached hydrogen (secondary N) is 1. The predicted molar refractivity (Wildman–Crippen MR) is 57.3 cm³/mol. The molecule has 1 rings (SSSR count). The molecule has 15 heavy (non-hydrogen) atoms. The molecule has 1 heterocycles. The van der Waals surface area contributed by atoms with E-state index in [1.807, 2.05) is 6.07 Å². The highest BCUT2D eigenvalue weighted by atomic mass is 79.9. The monoisotopic (exact) mass is 269 g/mol. The molecule has 0 unspecified atom stereocenters. The quantitative estimate of drug-likeness (QED) is 0.805. The molecule has 0 bridgehead atoms. The Morgan fingerprint density at radius 3 is 2.93 bits per heavy atom. The molecule has 0 atom stereocenters. The molecule has 0 aliphatic heterocycles. The number of nitrogens with zero attached hydrogens (tertiary/aromatic N) is 2. The molecule has 0 aliphatic rings. The van der Waals surface area contributed by atoms with Crippen molar-refractivity contribution < 1.29 is 4.79 Å². The van der Waals surface area contributed by atoms with E-state index >= 15 is 0 Å². The summed E-state index contributed by atoms with van der Waals surface area (Å²) in [6.45, 7) is 0.00950. The molecule has 1 aromatic rings. The number of hydrogen-bond acceptors (Lipinski definition) is 3. The number of carbonyl (C=O) groups excluding carboxylic acids is 1. The number of hydrogen-bond donors (Lipinski definition) is 1. The zero-order valence-corrected chi connectivity index (χ0v) is 9.54. The van der Waals surface area contributed by atoms with Crippen molar-refractivity contribution in [1.82, 2.24) is 9.88 Å². The minimum Gasteiger partial charge on any atom is -0.328 e. The first kappa shape index (κ1) is 11.5. The molecule has 0 fully saturated rings. The normalized spacial score (nSPS) is 9.40. The number of amides is 1. The Hall–Kier alpha value is -1.61. The van der Waals surface area contributed by atoms with Gasteiger partial charge in [-0.05, 0) is 22.0 Å². The van der Waals surface area contributed by atoms with Gasteiger partial charge in [0, 0.05) is 13.2 Å². The summed E-state index contributed by atoms with van der Waals surface area (Å²) in [7, 11) is 1.52. The highest BCUT2D eigenvalue weighted by Gasteiger charge is 2.12. The lowest BCUT2D eigenvalue weighted by molar-refractivity contribution is 0.0811. The summed E-state index contributed by atoms with van der Waals surface area (Å²) in [5.41, 5.74) is 0.0358. The largest absolute Gasteiger partial charge is 0.328 e. The lowest BCUT2D eigenvalue weighted by Gasteiger charge is -2.12. The molecule has 0 aromatic carbocycles. The third-order valence-corrected chi connectivity index (χ3v) is 2.35. The molecule has 5 nitrogen and oxygen atoms in total. The van der Waals surface area contributed by atoms with Crippen molar-refractivity contribution in [3.63, 3.8) is 0 Å². The van der Waals surface area contributed by atoms with Crippen molar-refractivity contribution in [1.29, 1.82) is 5.26 Å². The lowest BCUT2D eigenvalue weighted by Crippen LogP contribution is -2.27. The van der Waals surface area contributed by atoms with E-state index < -0.39 is 0 Å². The average Bonchev–Trinajstić information content (AvgIpc) is 2.21. The van der Waals surface area contributed by atoms with Crippen molar-refractivity contribution in [2.24, 2.45) is 0 Å². The van der Waals surface area contributed by atoms with Crippen LogP contribution >= 0.6 is 15.9 Å². The first-order valence-electron chi connectivity index (χ1n) is 4.07. The van der Waals surface area contributed by atoms with Gasteiger partial charge in [-0.1, -0.05) is 0 Å². The van der Waals surface area contributed by atoms with E-state index in [4.69, 9.17) is 5.26 Å². The first-order valence-corrected chi connectivity index (χ1v) is 4.86. The number of carbonyl (C=O) groups is 1. The maximum Gasteiger partial charge on any atom is 0.262 e. The number of aromatic amines is 1. The van der Waals surface area contributed by atoms with Gasteiger partial charge >= 0.3 is 0 Å². The highest BCUT2D eigenvalue weighted by molar-refractivity contribution is 9.10. The average molecular weight is 270 g/mol. The van der Waals surface area contributed by atoms with Crippen LogP contribution in [0.5, 0.6) is 0 Å². The van der Waals surface area contributed by atoms with Gasteiger partial charge in [-0.3, -0.25) is 9.59 Å². The van der Waals surface area contributed by atoms with Gasteiger partial charge in [0.15, 0.2) is 0 Å². The van der Waals surface area contributed by atoms with Gasteiger partial charge in [-0.15, -0.1) is 0 Å². The molecule has 0 aliphatic carbocycles. The fraction of sp³-hybridized carbons (Fsp3) is 0.222. The zero-order valence-electron chi connectivity index (χ0n) is 7.95. The van der Waals surface area contributed by atoms with Crippen molar-refractivity contribution in [3.05, 3.63) is 32.7 Å². The maximum atomic E-state index is 11.6. The second kappa shape index (κ2) is 4.75. The number of halogens is 1. The van der Waals surface area contributed by atoms with Crippen LogP contribution in [0.15, 0.2) is 21.5 Å². The van der Waals surface area contributed by atoms with Crippen LogP contribution in [0.1, 0.15) is 10.4 Å². The van der Waals surface area contributed by atoms with Crippen LogP contribution in [0.4, 0.5) is 0 Å². The molecule has 0 radical (unpaired) electrons. The summed E-state index contributed by atoms with van der Waals surface area (Å²) >= 11 is 3.02. The van der Waals surface area contributed by atoms with E-state index in [0.29, 0.717) is 10.0 Å². The molecule has 78 valence electrons. The SMILES string of the molecule is CN(CC#N)C(=O)c1c[nH]c(=O)c(Br)c1. The summed E-state index contributed by atoms with van der Waals surface area (Å²) in [4.78, 5) is 26.3. The standard InChI is InChI=1S/C9H8BrN3O2/c1-13(3-2-11)9(15)6-4-7(10)8(14)12-5-6/h4-5H,3H2,1H3,(H,12,14). The van der Waals surface area contributed by atoms with Gasteiger partial charge in [0.2, 0.25) is 0 Å². The summed E-state index contributed by atoms with van der Waals surface area (Å²) in [5.74, 6) is -0.312.